The number of amides is 2. The number of fused-ring (bicyclic) bond motifs is 3. The minimum atomic E-state index is -0.925. The van der Waals surface area contributed by atoms with Crippen LogP contribution in [0.2, 0.25) is 0 Å². The third kappa shape index (κ3) is 3.72. The first-order valence-corrected chi connectivity index (χ1v) is 11.4. The Kier molecular flexibility index (Phi) is 5.60. The predicted octanol–water partition coefficient (Wildman–Crippen LogP) is 3.99. The van der Waals surface area contributed by atoms with Crippen LogP contribution < -0.4 is 5.32 Å². The number of nitrogens with one attached hydrogen (secondary N) is 1. The molecule has 30 heavy (non-hydrogen) atoms. The quantitative estimate of drug-likeness (QED) is 0.810. The van der Waals surface area contributed by atoms with Crippen LogP contribution in [-0.4, -0.2) is 44.4 Å². The fraction of sp³-hybridized carbons (Fsp3) is 0.625. The monoisotopic (exact) mass is 410 g/mol. The van der Waals surface area contributed by atoms with Crippen molar-refractivity contribution >= 4 is 22.8 Å². The summed E-state index contributed by atoms with van der Waals surface area (Å²) in [4.78, 5) is 33.5. The molecular formula is C24H34N4O2. The molecule has 1 aromatic heterocycles. The van der Waals surface area contributed by atoms with Gasteiger partial charge in [0.25, 0.3) is 5.91 Å². The summed E-state index contributed by atoms with van der Waals surface area (Å²) in [6.45, 7) is 9.48. The highest BCUT2D eigenvalue weighted by atomic mass is 16.2. The van der Waals surface area contributed by atoms with Crippen molar-refractivity contribution in [3.63, 3.8) is 0 Å². The highest BCUT2D eigenvalue weighted by Gasteiger charge is 2.48. The molecule has 162 valence electrons. The number of nitrogens with zero attached hydrogens (tertiary/aromatic N) is 3. The molecule has 1 aliphatic carbocycles. The van der Waals surface area contributed by atoms with Gasteiger partial charge in [-0.25, -0.2) is 4.98 Å². The third-order valence-corrected chi connectivity index (χ3v) is 6.92. The number of para-hydroxylation sites is 2. The number of carbonyl (C=O) groups excluding carboxylic acids is 2. The summed E-state index contributed by atoms with van der Waals surface area (Å²) in [6, 6.07) is 7.98. The molecule has 2 amide bonds. The SMILES string of the molecule is CC(C)CCN1C(=O)c2nc3ccccc3n2C[C@@]1(C)C(=O)NC1CCC(C)CC1. The van der Waals surface area contributed by atoms with Crippen LogP contribution in [0.1, 0.15) is 70.4 Å². The van der Waals surface area contributed by atoms with Crippen molar-refractivity contribution < 1.29 is 9.59 Å². The van der Waals surface area contributed by atoms with Crippen LogP contribution in [0.5, 0.6) is 0 Å². The standard InChI is InChI=1S/C24H34N4O2/c1-16(2)13-14-28-22(29)21-26-19-7-5-6-8-20(19)27(21)15-24(28,4)23(30)25-18-11-9-17(3)10-12-18/h5-8,16-18H,9-15H2,1-4H3,(H,25,30)/t17?,18?,24-/m0/s1. The minimum absolute atomic E-state index is 0.0393. The maximum atomic E-state index is 13.6. The first-order chi connectivity index (χ1) is 14.3. The van der Waals surface area contributed by atoms with Gasteiger partial charge in [-0.05, 0) is 63.0 Å². The van der Waals surface area contributed by atoms with Gasteiger partial charge in [-0.1, -0.05) is 32.9 Å². The molecule has 6 heteroatoms. The van der Waals surface area contributed by atoms with E-state index in [1.165, 1.54) is 0 Å². The Morgan fingerprint density at radius 2 is 1.93 bits per heavy atom. The van der Waals surface area contributed by atoms with Crippen molar-refractivity contribution in [1.82, 2.24) is 19.8 Å². The van der Waals surface area contributed by atoms with E-state index in [0.717, 1.165) is 49.1 Å². The zero-order valence-corrected chi connectivity index (χ0v) is 18.6. The topological polar surface area (TPSA) is 67.2 Å². The van der Waals surface area contributed by atoms with Gasteiger partial charge in [-0.2, -0.15) is 0 Å². The zero-order valence-electron chi connectivity index (χ0n) is 18.6. The van der Waals surface area contributed by atoms with Crippen LogP contribution >= 0.6 is 0 Å². The van der Waals surface area contributed by atoms with E-state index in [9.17, 15) is 9.59 Å². The fourth-order valence-electron chi connectivity index (χ4n) is 4.81. The average Bonchev–Trinajstić information content (AvgIpc) is 3.08. The summed E-state index contributed by atoms with van der Waals surface area (Å²) >= 11 is 0. The Hall–Kier alpha value is -2.37. The molecule has 1 aromatic carbocycles. The summed E-state index contributed by atoms with van der Waals surface area (Å²) < 4.78 is 1.94. The lowest BCUT2D eigenvalue weighted by atomic mass is 9.86. The van der Waals surface area contributed by atoms with Crippen LogP contribution in [-0.2, 0) is 11.3 Å². The smallest absolute Gasteiger partial charge is 0.290 e. The van der Waals surface area contributed by atoms with Crippen molar-refractivity contribution in [2.24, 2.45) is 11.8 Å². The lowest BCUT2D eigenvalue weighted by Gasteiger charge is -2.44. The molecule has 2 heterocycles. The molecule has 1 atom stereocenters. The van der Waals surface area contributed by atoms with Gasteiger partial charge in [0.15, 0.2) is 5.82 Å². The molecular weight excluding hydrogens is 376 g/mol. The Labute approximate surface area is 179 Å². The summed E-state index contributed by atoms with van der Waals surface area (Å²) in [7, 11) is 0. The maximum Gasteiger partial charge on any atom is 0.290 e. The van der Waals surface area contributed by atoms with Crippen molar-refractivity contribution in [2.75, 3.05) is 6.54 Å². The average molecular weight is 411 g/mol. The molecule has 0 radical (unpaired) electrons. The van der Waals surface area contributed by atoms with Gasteiger partial charge in [-0.3, -0.25) is 9.59 Å². The van der Waals surface area contributed by atoms with Crippen LogP contribution in [0.15, 0.2) is 24.3 Å². The van der Waals surface area contributed by atoms with Crippen LogP contribution in [0.25, 0.3) is 11.0 Å². The normalized spacial score (nSPS) is 26.8. The summed E-state index contributed by atoms with van der Waals surface area (Å²) in [6.07, 6.45) is 5.18. The summed E-state index contributed by atoms with van der Waals surface area (Å²) in [5, 5.41) is 3.29. The first-order valence-electron chi connectivity index (χ1n) is 11.4. The number of imidazole rings is 1. The number of hydrogen-bond acceptors (Lipinski definition) is 3. The minimum Gasteiger partial charge on any atom is -0.351 e. The molecule has 2 aromatic rings. The number of hydrogen-bond donors (Lipinski definition) is 1. The van der Waals surface area contributed by atoms with E-state index >= 15 is 0 Å². The second-order valence-electron chi connectivity index (χ2n) is 9.85. The molecule has 0 unspecified atom stereocenters. The number of benzene rings is 1. The predicted molar refractivity (Wildman–Crippen MR) is 118 cm³/mol. The van der Waals surface area contributed by atoms with E-state index < -0.39 is 5.54 Å². The second kappa shape index (κ2) is 8.05. The molecule has 1 fully saturated rings. The maximum absolute atomic E-state index is 13.6. The first kappa shape index (κ1) is 20.9. The van der Waals surface area contributed by atoms with E-state index in [0.29, 0.717) is 24.8 Å². The van der Waals surface area contributed by atoms with Gasteiger partial charge < -0.3 is 14.8 Å². The molecule has 0 spiro atoms. The molecule has 2 aliphatic rings. The molecule has 1 saturated carbocycles. The van der Waals surface area contributed by atoms with Gasteiger partial charge in [0, 0.05) is 12.6 Å². The molecule has 0 bridgehead atoms. The highest BCUT2D eigenvalue weighted by Crippen LogP contribution is 2.32. The largest absolute Gasteiger partial charge is 0.351 e. The molecule has 1 aliphatic heterocycles. The third-order valence-electron chi connectivity index (χ3n) is 6.92. The summed E-state index contributed by atoms with van der Waals surface area (Å²) in [5.41, 5.74) is 0.788. The second-order valence-corrected chi connectivity index (χ2v) is 9.85. The van der Waals surface area contributed by atoms with Crippen molar-refractivity contribution in [2.45, 2.75) is 77.9 Å². The van der Waals surface area contributed by atoms with Crippen molar-refractivity contribution in [1.29, 1.82) is 0 Å². The van der Waals surface area contributed by atoms with Gasteiger partial charge in [0.05, 0.1) is 17.6 Å². The van der Waals surface area contributed by atoms with Gasteiger partial charge in [0.1, 0.15) is 5.54 Å². The Morgan fingerprint density at radius 3 is 2.63 bits per heavy atom. The lowest BCUT2D eigenvalue weighted by Crippen LogP contribution is -2.65. The van der Waals surface area contributed by atoms with Gasteiger partial charge in [-0.15, -0.1) is 0 Å². The molecule has 1 N–H and O–H groups in total. The Morgan fingerprint density at radius 1 is 1.23 bits per heavy atom. The van der Waals surface area contributed by atoms with E-state index in [-0.39, 0.29) is 17.9 Å². The molecule has 6 nitrogen and oxygen atoms in total. The van der Waals surface area contributed by atoms with Crippen LogP contribution in [0, 0.1) is 11.8 Å². The lowest BCUT2D eigenvalue weighted by molar-refractivity contribution is -0.134. The van der Waals surface area contributed by atoms with E-state index in [1.807, 2.05) is 35.8 Å². The van der Waals surface area contributed by atoms with Crippen molar-refractivity contribution in [3.05, 3.63) is 30.1 Å². The molecule has 4 rings (SSSR count). The van der Waals surface area contributed by atoms with Crippen molar-refractivity contribution in [3.8, 4) is 0 Å². The number of carbonyl (C=O) groups is 2. The van der Waals surface area contributed by atoms with E-state index in [4.69, 9.17) is 0 Å². The number of aromatic nitrogens is 2. The van der Waals surface area contributed by atoms with Gasteiger partial charge >= 0.3 is 0 Å². The van der Waals surface area contributed by atoms with Gasteiger partial charge in [0.2, 0.25) is 5.91 Å². The summed E-state index contributed by atoms with van der Waals surface area (Å²) in [5.74, 6) is 1.44. The Balaban J connectivity index is 1.67. The van der Waals surface area contributed by atoms with Crippen LogP contribution in [0.3, 0.4) is 0 Å². The zero-order chi connectivity index (χ0) is 21.5. The van der Waals surface area contributed by atoms with Crippen LogP contribution in [0.4, 0.5) is 0 Å². The van der Waals surface area contributed by atoms with E-state index in [2.05, 4.69) is 31.1 Å². The number of rotatable bonds is 5. The highest BCUT2D eigenvalue weighted by molar-refractivity contribution is 6.01. The fourth-order valence-corrected chi connectivity index (χ4v) is 4.81. The molecule has 0 saturated heterocycles. The Bertz CT molecular complexity index is 942. The van der Waals surface area contributed by atoms with E-state index in [1.54, 1.807) is 4.90 Å².